The molecule has 0 aromatic rings. The lowest BCUT2D eigenvalue weighted by Crippen LogP contribution is -2.13. The highest BCUT2D eigenvalue weighted by Crippen LogP contribution is 2.20. The molecule has 0 aliphatic heterocycles. The number of methoxy groups -OCH3 is 1. The zero-order valence-electron chi connectivity index (χ0n) is 7.19. The molecule has 78 valence electrons. The van der Waals surface area contributed by atoms with E-state index in [-0.39, 0.29) is 19.6 Å². The molecular formula is C7H11F3O3. The summed E-state index contributed by atoms with van der Waals surface area (Å²) in [6.07, 6.45) is -5.19. The minimum atomic E-state index is -4.16. The molecule has 13 heavy (non-hydrogen) atoms. The Morgan fingerprint density at radius 1 is 1.38 bits per heavy atom. The minimum Gasteiger partial charge on any atom is -0.467 e. The Labute approximate surface area is 73.8 Å². The summed E-state index contributed by atoms with van der Waals surface area (Å²) in [4.78, 5) is 10.4. The first-order valence-electron chi connectivity index (χ1n) is 3.67. The van der Waals surface area contributed by atoms with Gasteiger partial charge in [-0.05, 0) is 6.42 Å². The summed E-state index contributed by atoms with van der Waals surface area (Å²) < 4.78 is 43.5. The third-order valence-electron chi connectivity index (χ3n) is 1.20. The van der Waals surface area contributed by atoms with Crippen LogP contribution < -0.4 is 0 Å². The summed E-state index contributed by atoms with van der Waals surface area (Å²) in [5, 5.41) is 0. The van der Waals surface area contributed by atoms with Crippen LogP contribution in [0.4, 0.5) is 13.2 Å². The van der Waals surface area contributed by atoms with Gasteiger partial charge in [0, 0.05) is 13.0 Å². The molecule has 0 rings (SSSR count). The predicted octanol–water partition coefficient (Wildman–Crippen LogP) is 1.52. The largest absolute Gasteiger partial charge is 0.467 e. The summed E-state index contributed by atoms with van der Waals surface area (Å²) in [6, 6.07) is 0. The molecule has 0 saturated heterocycles. The van der Waals surface area contributed by atoms with Crippen LogP contribution in [0.2, 0.25) is 0 Å². The minimum absolute atomic E-state index is 0.0887. The molecule has 0 atom stereocenters. The van der Waals surface area contributed by atoms with Crippen LogP contribution in [0, 0.1) is 0 Å². The van der Waals surface area contributed by atoms with Gasteiger partial charge in [0.1, 0.15) is 6.61 Å². The van der Waals surface area contributed by atoms with Gasteiger partial charge in [0.2, 0.25) is 0 Å². The van der Waals surface area contributed by atoms with Gasteiger partial charge < -0.3 is 9.47 Å². The molecule has 6 heteroatoms. The number of carbonyl (C=O) groups excluding carboxylic acids is 1. The number of ether oxygens (including phenoxy) is 2. The van der Waals surface area contributed by atoms with Crippen LogP contribution in [0.5, 0.6) is 0 Å². The van der Waals surface area contributed by atoms with Crippen molar-refractivity contribution < 1.29 is 27.4 Å². The molecule has 0 unspecified atom stereocenters. The van der Waals surface area contributed by atoms with Crippen molar-refractivity contribution in [3.05, 3.63) is 0 Å². The van der Waals surface area contributed by atoms with Gasteiger partial charge in [0.05, 0.1) is 7.11 Å². The van der Waals surface area contributed by atoms with Crippen LogP contribution >= 0.6 is 0 Å². The third kappa shape index (κ3) is 9.13. The van der Waals surface area contributed by atoms with Crippen LogP contribution in [0.15, 0.2) is 0 Å². The summed E-state index contributed by atoms with van der Waals surface area (Å²) in [5.74, 6) is -0.591. The molecule has 0 fully saturated rings. The average molecular weight is 200 g/mol. The molecule has 3 nitrogen and oxygen atoms in total. The summed E-state index contributed by atoms with van der Waals surface area (Å²) in [7, 11) is 1.18. The van der Waals surface area contributed by atoms with Crippen LogP contribution in [0.1, 0.15) is 12.8 Å². The number of esters is 1. The van der Waals surface area contributed by atoms with E-state index < -0.39 is 18.6 Å². The van der Waals surface area contributed by atoms with Crippen LogP contribution in [0.3, 0.4) is 0 Å². The van der Waals surface area contributed by atoms with Gasteiger partial charge in [0.25, 0.3) is 0 Å². The van der Waals surface area contributed by atoms with Crippen molar-refractivity contribution in [2.24, 2.45) is 0 Å². The predicted molar refractivity (Wildman–Crippen MR) is 38.1 cm³/mol. The fourth-order valence-electron chi connectivity index (χ4n) is 0.589. The van der Waals surface area contributed by atoms with Gasteiger partial charge in [-0.2, -0.15) is 13.2 Å². The molecule has 0 aromatic heterocycles. The second kappa shape index (κ2) is 5.80. The number of carbonyl (C=O) groups is 1. The van der Waals surface area contributed by atoms with E-state index in [9.17, 15) is 18.0 Å². The van der Waals surface area contributed by atoms with E-state index in [1.165, 1.54) is 7.11 Å². The first-order chi connectivity index (χ1) is 5.95. The van der Waals surface area contributed by atoms with Crippen LogP contribution in [-0.2, 0) is 14.3 Å². The van der Waals surface area contributed by atoms with Gasteiger partial charge in [-0.3, -0.25) is 0 Å². The lowest BCUT2D eigenvalue weighted by atomic mass is 10.3. The quantitative estimate of drug-likeness (QED) is 0.498. The SMILES string of the molecule is COC(=O)COCCCC(F)(F)F. The third-order valence-corrected chi connectivity index (χ3v) is 1.20. The first kappa shape index (κ1) is 12.2. The van der Waals surface area contributed by atoms with E-state index in [2.05, 4.69) is 9.47 Å². The van der Waals surface area contributed by atoms with E-state index in [0.29, 0.717) is 0 Å². The second-order valence-corrected chi connectivity index (χ2v) is 2.35. The number of hydrogen-bond donors (Lipinski definition) is 0. The maximum absolute atomic E-state index is 11.6. The molecule has 0 aliphatic carbocycles. The molecule has 0 radical (unpaired) electrons. The maximum atomic E-state index is 11.6. The van der Waals surface area contributed by atoms with Gasteiger partial charge in [-0.1, -0.05) is 0 Å². The zero-order valence-corrected chi connectivity index (χ0v) is 7.19. The normalized spacial score (nSPS) is 11.4. The van der Waals surface area contributed by atoms with Crippen LogP contribution in [0.25, 0.3) is 0 Å². The maximum Gasteiger partial charge on any atom is 0.389 e. The van der Waals surface area contributed by atoms with Crippen molar-refractivity contribution >= 4 is 5.97 Å². The molecular weight excluding hydrogens is 189 g/mol. The molecule has 0 spiro atoms. The molecule has 0 aliphatic rings. The van der Waals surface area contributed by atoms with Crippen molar-refractivity contribution in [3.63, 3.8) is 0 Å². The van der Waals surface area contributed by atoms with E-state index >= 15 is 0 Å². The Bertz CT molecular complexity index is 156. The molecule has 0 amide bonds. The summed E-state index contributed by atoms with van der Waals surface area (Å²) in [6.45, 7) is -0.386. The highest BCUT2D eigenvalue weighted by molar-refractivity contribution is 5.70. The Morgan fingerprint density at radius 2 is 2.00 bits per heavy atom. The number of halogens is 3. The van der Waals surface area contributed by atoms with E-state index in [1.54, 1.807) is 0 Å². The topological polar surface area (TPSA) is 35.5 Å². The summed E-state index contributed by atoms with van der Waals surface area (Å²) in [5.41, 5.74) is 0. The highest BCUT2D eigenvalue weighted by atomic mass is 19.4. The Morgan fingerprint density at radius 3 is 2.46 bits per heavy atom. The zero-order chi connectivity index (χ0) is 10.3. The standard InChI is InChI=1S/C7H11F3O3/c1-12-6(11)5-13-4-2-3-7(8,9)10/h2-5H2,1H3. The van der Waals surface area contributed by atoms with Crippen molar-refractivity contribution in [2.75, 3.05) is 20.3 Å². The molecule has 0 heterocycles. The number of hydrogen-bond acceptors (Lipinski definition) is 3. The Balaban J connectivity index is 3.22. The number of alkyl halides is 3. The van der Waals surface area contributed by atoms with E-state index in [4.69, 9.17) is 0 Å². The molecule has 0 aromatic carbocycles. The molecule has 0 bridgehead atoms. The first-order valence-corrected chi connectivity index (χ1v) is 3.67. The molecule has 0 N–H and O–H groups in total. The van der Waals surface area contributed by atoms with Gasteiger partial charge in [-0.15, -0.1) is 0 Å². The lowest BCUT2D eigenvalue weighted by molar-refractivity contribution is -0.147. The van der Waals surface area contributed by atoms with E-state index in [1.807, 2.05) is 0 Å². The average Bonchev–Trinajstić information content (AvgIpc) is 2.01. The molecule has 0 saturated carbocycles. The van der Waals surface area contributed by atoms with Crippen molar-refractivity contribution in [2.45, 2.75) is 19.0 Å². The lowest BCUT2D eigenvalue weighted by Gasteiger charge is -2.05. The van der Waals surface area contributed by atoms with Crippen molar-refractivity contribution in [3.8, 4) is 0 Å². The smallest absolute Gasteiger partial charge is 0.389 e. The van der Waals surface area contributed by atoms with Gasteiger partial charge >= 0.3 is 12.1 Å². The highest BCUT2D eigenvalue weighted by Gasteiger charge is 2.25. The second-order valence-electron chi connectivity index (χ2n) is 2.35. The van der Waals surface area contributed by atoms with Crippen molar-refractivity contribution in [1.82, 2.24) is 0 Å². The Hall–Kier alpha value is -0.780. The van der Waals surface area contributed by atoms with Gasteiger partial charge in [-0.25, -0.2) is 4.79 Å². The van der Waals surface area contributed by atoms with E-state index in [0.717, 1.165) is 0 Å². The summed E-state index contributed by atoms with van der Waals surface area (Å²) >= 11 is 0. The fraction of sp³-hybridized carbons (Fsp3) is 0.857. The number of rotatable bonds is 5. The monoisotopic (exact) mass is 200 g/mol. The van der Waals surface area contributed by atoms with Crippen molar-refractivity contribution in [1.29, 1.82) is 0 Å². The van der Waals surface area contributed by atoms with Crippen LogP contribution in [-0.4, -0.2) is 32.5 Å². The Kier molecular flexibility index (Phi) is 5.45. The fourth-order valence-corrected chi connectivity index (χ4v) is 0.589. The van der Waals surface area contributed by atoms with Gasteiger partial charge in [0.15, 0.2) is 0 Å².